The van der Waals surface area contributed by atoms with E-state index in [4.69, 9.17) is 13.3 Å². The van der Waals surface area contributed by atoms with E-state index in [9.17, 15) is 0 Å². The second kappa shape index (κ2) is 8.61. The maximum atomic E-state index is 5.75. The van der Waals surface area contributed by atoms with Crippen molar-refractivity contribution in [3.63, 3.8) is 0 Å². The molecule has 0 amide bonds. The van der Waals surface area contributed by atoms with Crippen molar-refractivity contribution in [1.82, 2.24) is 0 Å². The molecule has 0 fully saturated rings. The molecule has 1 radical (unpaired) electrons. The van der Waals surface area contributed by atoms with E-state index in [1.54, 1.807) is 14.2 Å². The van der Waals surface area contributed by atoms with Gasteiger partial charge in [0.05, 0.1) is 0 Å². The van der Waals surface area contributed by atoms with Gasteiger partial charge < -0.3 is 13.3 Å². The normalized spacial score (nSPS) is 14.8. The molecule has 0 aliphatic carbocycles. The molecule has 3 nitrogen and oxygen atoms in total. The molecule has 0 aromatic rings. The second-order valence-corrected chi connectivity index (χ2v) is 8.33. The highest BCUT2D eigenvalue weighted by Crippen LogP contribution is 2.17. The number of rotatable bonds is 8. The van der Waals surface area contributed by atoms with Gasteiger partial charge in [-0.15, -0.1) is 0 Å². The third-order valence-electron chi connectivity index (χ3n) is 2.00. The van der Waals surface area contributed by atoms with Gasteiger partial charge >= 0.3 is 9.28 Å². The Hall–Kier alpha value is 0.314. The minimum Gasteiger partial charge on any atom is -0.422 e. The summed E-state index contributed by atoms with van der Waals surface area (Å²) in [5.41, 5.74) is 0. The zero-order chi connectivity index (χ0) is 11.0. The third-order valence-corrected chi connectivity index (χ3v) is 6.93. The van der Waals surface area contributed by atoms with Gasteiger partial charge in [0.25, 0.3) is 0 Å². The summed E-state index contributed by atoms with van der Waals surface area (Å²) in [6.07, 6.45) is 2.70. The zero-order valence-corrected chi connectivity index (χ0v) is 12.4. The SMILES string of the molecule is CCCC([SiH2]OC(C)C)[Si](OC)OC. The maximum absolute atomic E-state index is 5.75. The number of hydrogen-bond acceptors (Lipinski definition) is 3. The van der Waals surface area contributed by atoms with Crippen LogP contribution in [-0.2, 0) is 13.3 Å². The molecule has 85 valence electrons. The zero-order valence-electron chi connectivity index (χ0n) is 10.0. The van der Waals surface area contributed by atoms with Gasteiger partial charge in [-0.1, -0.05) is 13.3 Å². The molecule has 0 heterocycles. The molecular formula is C9H23O3Si2. The molecule has 0 saturated carbocycles. The van der Waals surface area contributed by atoms with E-state index < -0.39 is 19.0 Å². The van der Waals surface area contributed by atoms with E-state index in [0.29, 0.717) is 11.3 Å². The average molecular weight is 235 g/mol. The molecular weight excluding hydrogens is 212 g/mol. The summed E-state index contributed by atoms with van der Waals surface area (Å²) in [4.78, 5) is 0. The predicted molar refractivity (Wildman–Crippen MR) is 63.2 cm³/mol. The Bertz CT molecular complexity index is 129. The summed E-state index contributed by atoms with van der Waals surface area (Å²) in [5.74, 6) is 0. The lowest BCUT2D eigenvalue weighted by molar-refractivity contribution is 0.240. The molecule has 0 bridgehead atoms. The minimum absolute atomic E-state index is 0.345. The van der Waals surface area contributed by atoms with Crippen LogP contribution >= 0.6 is 0 Å². The van der Waals surface area contributed by atoms with E-state index in [0.717, 1.165) is 0 Å². The van der Waals surface area contributed by atoms with Crippen molar-refractivity contribution in [3.05, 3.63) is 0 Å². The smallest absolute Gasteiger partial charge is 0.386 e. The van der Waals surface area contributed by atoms with Crippen LogP contribution in [0.15, 0.2) is 0 Å². The molecule has 0 aliphatic rings. The van der Waals surface area contributed by atoms with E-state index in [1.165, 1.54) is 12.8 Å². The van der Waals surface area contributed by atoms with Crippen molar-refractivity contribution >= 4 is 19.0 Å². The van der Waals surface area contributed by atoms with E-state index in [2.05, 4.69) is 20.8 Å². The lowest BCUT2D eigenvalue weighted by Gasteiger charge is -2.21. The molecule has 0 aromatic carbocycles. The van der Waals surface area contributed by atoms with Gasteiger partial charge in [0, 0.05) is 25.5 Å². The molecule has 0 aliphatic heterocycles. The van der Waals surface area contributed by atoms with E-state index in [1.807, 2.05) is 0 Å². The quantitative estimate of drug-likeness (QED) is 0.595. The Labute approximate surface area is 91.9 Å². The largest absolute Gasteiger partial charge is 0.422 e. The summed E-state index contributed by atoms with van der Waals surface area (Å²) in [6.45, 7) is 6.37. The maximum Gasteiger partial charge on any atom is 0.386 e. The first-order valence-electron chi connectivity index (χ1n) is 5.22. The predicted octanol–water partition coefficient (Wildman–Crippen LogP) is 1.40. The van der Waals surface area contributed by atoms with Gasteiger partial charge in [-0.3, -0.25) is 0 Å². The average Bonchev–Trinajstić information content (AvgIpc) is 2.15. The van der Waals surface area contributed by atoms with Crippen LogP contribution in [0, 0.1) is 0 Å². The van der Waals surface area contributed by atoms with Gasteiger partial charge in [-0.2, -0.15) is 0 Å². The first-order valence-corrected chi connectivity index (χ1v) is 8.00. The Balaban J connectivity index is 3.98. The van der Waals surface area contributed by atoms with Gasteiger partial charge in [0.15, 0.2) is 9.76 Å². The van der Waals surface area contributed by atoms with E-state index in [-0.39, 0.29) is 0 Å². The van der Waals surface area contributed by atoms with Crippen LogP contribution in [0.4, 0.5) is 0 Å². The van der Waals surface area contributed by atoms with Crippen molar-refractivity contribution in [1.29, 1.82) is 0 Å². The van der Waals surface area contributed by atoms with Crippen LogP contribution in [-0.4, -0.2) is 39.4 Å². The Morgan fingerprint density at radius 3 is 2.14 bits per heavy atom. The summed E-state index contributed by atoms with van der Waals surface area (Å²) < 4.78 is 16.5. The Kier molecular flexibility index (Phi) is 8.80. The lowest BCUT2D eigenvalue weighted by atomic mass is 10.4. The Morgan fingerprint density at radius 2 is 1.79 bits per heavy atom. The van der Waals surface area contributed by atoms with Gasteiger partial charge in [0.1, 0.15) is 0 Å². The van der Waals surface area contributed by atoms with Crippen LogP contribution in [0.5, 0.6) is 0 Å². The summed E-state index contributed by atoms with van der Waals surface area (Å²) >= 11 is 0. The molecule has 0 saturated heterocycles. The summed E-state index contributed by atoms with van der Waals surface area (Å²) in [6, 6.07) is 0. The van der Waals surface area contributed by atoms with Crippen molar-refractivity contribution in [2.24, 2.45) is 0 Å². The highest BCUT2D eigenvalue weighted by molar-refractivity contribution is 6.61. The van der Waals surface area contributed by atoms with Crippen LogP contribution in [0.3, 0.4) is 0 Å². The van der Waals surface area contributed by atoms with Crippen molar-refractivity contribution in [3.8, 4) is 0 Å². The van der Waals surface area contributed by atoms with Crippen molar-refractivity contribution in [2.75, 3.05) is 14.2 Å². The lowest BCUT2D eigenvalue weighted by Crippen LogP contribution is -2.32. The molecule has 0 rings (SSSR count). The summed E-state index contributed by atoms with van der Waals surface area (Å²) in [7, 11) is 1.89. The second-order valence-electron chi connectivity index (χ2n) is 3.59. The van der Waals surface area contributed by atoms with Crippen molar-refractivity contribution < 1.29 is 13.3 Å². The standard InChI is InChI=1S/C9H23O3Si2/c1-6-7-9(13-12-8(2)3)14(10-4)11-5/h8-9H,6-7,13H2,1-5H3. The van der Waals surface area contributed by atoms with Crippen LogP contribution in [0.1, 0.15) is 33.6 Å². The van der Waals surface area contributed by atoms with Crippen LogP contribution in [0.25, 0.3) is 0 Å². The van der Waals surface area contributed by atoms with Crippen LogP contribution < -0.4 is 0 Å². The molecule has 14 heavy (non-hydrogen) atoms. The first-order chi connectivity index (χ1) is 6.65. The molecule has 0 N–H and O–H groups in total. The highest BCUT2D eigenvalue weighted by Gasteiger charge is 2.26. The molecule has 5 heteroatoms. The fourth-order valence-electron chi connectivity index (χ4n) is 1.34. The fourth-order valence-corrected chi connectivity index (χ4v) is 5.73. The van der Waals surface area contributed by atoms with E-state index >= 15 is 0 Å². The Morgan fingerprint density at radius 1 is 1.21 bits per heavy atom. The molecule has 1 atom stereocenters. The molecule has 0 spiro atoms. The van der Waals surface area contributed by atoms with Crippen LogP contribution in [0.2, 0.25) is 5.16 Å². The van der Waals surface area contributed by atoms with Gasteiger partial charge in [0.2, 0.25) is 0 Å². The van der Waals surface area contributed by atoms with Gasteiger partial charge in [-0.25, -0.2) is 0 Å². The number of hydrogen-bond donors (Lipinski definition) is 0. The topological polar surface area (TPSA) is 27.7 Å². The fraction of sp³-hybridized carbons (Fsp3) is 1.00. The third kappa shape index (κ3) is 5.92. The molecule has 0 aromatic heterocycles. The highest BCUT2D eigenvalue weighted by atomic mass is 28.3. The first kappa shape index (κ1) is 14.3. The minimum atomic E-state index is -1.08. The van der Waals surface area contributed by atoms with Gasteiger partial charge in [-0.05, 0) is 20.3 Å². The molecule has 1 unspecified atom stereocenters. The summed E-state index contributed by atoms with van der Waals surface area (Å²) in [5, 5.41) is 0.572. The van der Waals surface area contributed by atoms with Crippen molar-refractivity contribution in [2.45, 2.75) is 44.9 Å². The monoisotopic (exact) mass is 235 g/mol.